The summed E-state index contributed by atoms with van der Waals surface area (Å²) >= 11 is 3.37. The molecule has 0 aliphatic rings. The van der Waals surface area contributed by atoms with Crippen molar-refractivity contribution >= 4 is 33.2 Å². The molecule has 0 bridgehead atoms. The zero-order chi connectivity index (χ0) is 18.4. The fourth-order valence-corrected chi connectivity index (χ4v) is 2.71. The van der Waals surface area contributed by atoms with Gasteiger partial charge in [-0.25, -0.2) is 0 Å². The van der Waals surface area contributed by atoms with Gasteiger partial charge in [0.25, 0.3) is 11.6 Å². The summed E-state index contributed by atoms with van der Waals surface area (Å²) < 4.78 is 6.46. The zero-order valence-electron chi connectivity index (χ0n) is 13.6. The molecular formula is C18H17BrN2O4. The number of nitro benzene ring substituents is 1. The molecule has 0 aliphatic carbocycles. The van der Waals surface area contributed by atoms with Gasteiger partial charge in [0, 0.05) is 27.9 Å². The minimum atomic E-state index is -0.473. The Morgan fingerprint density at radius 2 is 2.12 bits per heavy atom. The highest BCUT2D eigenvalue weighted by atomic mass is 79.9. The van der Waals surface area contributed by atoms with Gasteiger partial charge >= 0.3 is 0 Å². The lowest BCUT2D eigenvalue weighted by Gasteiger charge is -2.12. The van der Waals surface area contributed by atoms with Gasteiger partial charge in [0.1, 0.15) is 5.75 Å². The predicted molar refractivity (Wildman–Crippen MR) is 100 cm³/mol. The molecule has 2 aromatic rings. The monoisotopic (exact) mass is 404 g/mol. The molecule has 0 saturated carbocycles. The van der Waals surface area contributed by atoms with E-state index in [0.29, 0.717) is 23.4 Å². The third kappa shape index (κ3) is 5.15. The average Bonchev–Trinajstić information content (AvgIpc) is 2.56. The normalized spacial score (nSPS) is 10.2. The highest BCUT2D eigenvalue weighted by Gasteiger charge is 2.13. The van der Waals surface area contributed by atoms with Crippen molar-refractivity contribution in [1.29, 1.82) is 0 Å². The Bertz CT molecular complexity index is 821. The van der Waals surface area contributed by atoms with Gasteiger partial charge in [-0.05, 0) is 43.2 Å². The number of nitro groups is 1. The molecule has 0 unspecified atom stereocenters. The number of allylic oxidation sites excluding steroid dienone is 1. The van der Waals surface area contributed by atoms with Gasteiger partial charge in [-0.3, -0.25) is 14.9 Å². The van der Waals surface area contributed by atoms with Crippen LogP contribution in [-0.4, -0.2) is 17.4 Å². The number of non-ortho nitro benzene ring substituents is 1. The van der Waals surface area contributed by atoms with Crippen LogP contribution in [-0.2, 0) is 11.2 Å². The second kappa shape index (κ2) is 8.43. The first-order valence-electron chi connectivity index (χ1n) is 7.47. The molecular weight excluding hydrogens is 388 g/mol. The molecule has 1 N–H and O–H groups in total. The van der Waals surface area contributed by atoms with Gasteiger partial charge in [0.2, 0.25) is 0 Å². The number of halogens is 1. The number of anilines is 1. The lowest BCUT2D eigenvalue weighted by atomic mass is 10.1. The third-order valence-electron chi connectivity index (χ3n) is 3.44. The molecule has 0 saturated heterocycles. The molecule has 2 rings (SSSR count). The molecule has 1 amide bonds. The summed E-state index contributed by atoms with van der Waals surface area (Å²) in [6, 6.07) is 9.80. The van der Waals surface area contributed by atoms with Crippen molar-refractivity contribution in [3.63, 3.8) is 0 Å². The Labute approximate surface area is 153 Å². The number of amides is 1. The van der Waals surface area contributed by atoms with Crippen LogP contribution in [0.5, 0.6) is 5.75 Å². The smallest absolute Gasteiger partial charge is 0.269 e. The van der Waals surface area contributed by atoms with Crippen molar-refractivity contribution in [3.05, 3.63) is 74.8 Å². The van der Waals surface area contributed by atoms with Gasteiger partial charge < -0.3 is 10.1 Å². The quantitative estimate of drug-likeness (QED) is 0.420. The van der Waals surface area contributed by atoms with Gasteiger partial charge in [-0.2, -0.15) is 0 Å². The SMILES string of the molecule is C=CCc1cc([N+](=O)[O-])ccc1OCC(=O)Nc1ccc(Br)cc1C. The molecule has 0 atom stereocenters. The number of rotatable bonds is 7. The maximum atomic E-state index is 12.1. The summed E-state index contributed by atoms with van der Waals surface area (Å²) in [6.07, 6.45) is 2.03. The molecule has 0 aliphatic heterocycles. The second-order valence-corrected chi connectivity index (χ2v) is 6.25. The van der Waals surface area contributed by atoms with E-state index in [0.717, 1.165) is 10.0 Å². The summed E-state index contributed by atoms with van der Waals surface area (Å²) in [5.41, 5.74) is 2.20. The molecule has 0 spiro atoms. The largest absolute Gasteiger partial charge is 0.483 e. The predicted octanol–water partition coefficient (Wildman–Crippen LogP) is 4.41. The molecule has 6 nitrogen and oxygen atoms in total. The van der Waals surface area contributed by atoms with E-state index in [-0.39, 0.29) is 18.2 Å². The van der Waals surface area contributed by atoms with E-state index in [2.05, 4.69) is 27.8 Å². The Morgan fingerprint density at radius 1 is 1.36 bits per heavy atom. The lowest BCUT2D eigenvalue weighted by molar-refractivity contribution is -0.384. The lowest BCUT2D eigenvalue weighted by Crippen LogP contribution is -2.21. The number of ether oxygens (including phenoxy) is 1. The van der Waals surface area contributed by atoms with Crippen molar-refractivity contribution < 1.29 is 14.5 Å². The molecule has 0 heterocycles. The van der Waals surface area contributed by atoms with Crippen LogP contribution in [0.4, 0.5) is 11.4 Å². The maximum absolute atomic E-state index is 12.1. The number of hydrogen-bond acceptors (Lipinski definition) is 4. The standard InChI is InChI=1S/C18H17BrN2O4/c1-3-4-13-10-15(21(23)24)6-8-17(13)25-11-18(22)20-16-7-5-14(19)9-12(16)2/h3,5-10H,1,4,11H2,2H3,(H,20,22). The van der Waals surface area contributed by atoms with Crippen molar-refractivity contribution in [2.45, 2.75) is 13.3 Å². The molecule has 25 heavy (non-hydrogen) atoms. The highest BCUT2D eigenvalue weighted by Crippen LogP contribution is 2.25. The number of nitrogens with zero attached hydrogens (tertiary/aromatic N) is 1. The second-order valence-electron chi connectivity index (χ2n) is 5.34. The number of carbonyl (C=O) groups is 1. The topological polar surface area (TPSA) is 81.5 Å². The summed E-state index contributed by atoms with van der Waals surface area (Å²) in [5, 5.41) is 13.6. The van der Waals surface area contributed by atoms with E-state index in [1.807, 2.05) is 19.1 Å². The van der Waals surface area contributed by atoms with Crippen molar-refractivity contribution in [3.8, 4) is 5.75 Å². The number of carbonyl (C=O) groups excluding carboxylic acids is 1. The highest BCUT2D eigenvalue weighted by molar-refractivity contribution is 9.10. The van der Waals surface area contributed by atoms with Crippen LogP contribution >= 0.6 is 15.9 Å². The van der Waals surface area contributed by atoms with Crippen LogP contribution in [0.1, 0.15) is 11.1 Å². The molecule has 0 radical (unpaired) electrons. The van der Waals surface area contributed by atoms with Crippen LogP contribution in [0, 0.1) is 17.0 Å². The molecule has 2 aromatic carbocycles. The minimum absolute atomic E-state index is 0.0286. The van der Waals surface area contributed by atoms with Crippen LogP contribution in [0.3, 0.4) is 0 Å². The van der Waals surface area contributed by atoms with E-state index >= 15 is 0 Å². The summed E-state index contributed by atoms with van der Waals surface area (Å²) in [5.74, 6) is 0.113. The first-order chi connectivity index (χ1) is 11.9. The van der Waals surface area contributed by atoms with Crippen LogP contribution in [0.2, 0.25) is 0 Å². The Kier molecular flexibility index (Phi) is 6.30. The molecule has 0 fully saturated rings. The number of nitrogens with one attached hydrogen (secondary N) is 1. The van der Waals surface area contributed by atoms with E-state index in [1.165, 1.54) is 18.2 Å². The number of benzene rings is 2. The Hall–Kier alpha value is -2.67. The third-order valence-corrected chi connectivity index (χ3v) is 3.93. The summed E-state index contributed by atoms with van der Waals surface area (Å²) in [4.78, 5) is 22.5. The van der Waals surface area contributed by atoms with Gasteiger partial charge in [-0.1, -0.05) is 22.0 Å². The minimum Gasteiger partial charge on any atom is -0.483 e. The maximum Gasteiger partial charge on any atom is 0.269 e. The van der Waals surface area contributed by atoms with Crippen molar-refractivity contribution in [1.82, 2.24) is 0 Å². The first kappa shape index (κ1) is 18.7. The molecule has 7 heteroatoms. The fraction of sp³-hybridized carbons (Fsp3) is 0.167. The van der Waals surface area contributed by atoms with E-state index < -0.39 is 4.92 Å². The summed E-state index contributed by atoms with van der Waals surface area (Å²) in [6.45, 7) is 5.32. The van der Waals surface area contributed by atoms with Crippen LogP contribution in [0.25, 0.3) is 0 Å². The van der Waals surface area contributed by atoms with Crippen LogP contribution in [0.15, 0.2) is 53.5 Å². The van der Waals surface area contributed by atoms with Gasteiger partial charge in [0.05, 0.1) is 4.92 Å². The van der Waals surface area contributed by atoms with E-state index in [4.69, 9.17) is 4.74 Å². The van der Waals surface area contributed by atoms with Gasteiger partial charge in [0.15, 0.2) is 6.61 Å². The molecule has 0 aromatic heterocycles. The van der Waals surface area contributed by atoms with Crippen molar-refractivity contribution in [2.24, 2.45) is 0 Å². The molecule has 130 valence electrons. The first-order valence-corrected chi connectivity index (χ1v) is 8.27. The zero-order valence-corrected chi connectivity index (χ0v) is 15.2. The number of aryl methyl sites for hydroxylation is 1. The van der Waals surface area contributed by atoms with Gasteiger partial charge in [-0.15, -0.1) is 6.58 Å². The van der Waals surface area contributed by atoms with Crippen molar-refractivity contribution in [2.75, 3.05) is 11.9 Å². The van der Waals surface area contributed by atoms with Crippen LogP contribution < -0.4 is 10.1 Å². The number of hydrogen-bond donors (Lipinski definition) is 1. The van der Waals surface area contributed by atoms with E-state index in [1.54, 1.807) is 12.1 Å². The Balaban J connectivity index is 2.05. The summed E-state index contributed by atoms with van der Waals surface area (Å²) in [7, 11) is 0. The fourth-order valence-electron chi connectivity index (χ4n) is 2.23. The average molecular weight is 405 g/mol. The Morgan fingerprint density at radius 3 is 2.76 bits per heavy atom. The van der Waals surface area contributed by atoms with E-state index in [9.17, 15) is 14.9 Å².